The number of benzene rings is 1. The van der Waals surface area contributed by atoms with E-state index in [2.05, 4.69) is 5.43 Å². The van der Waals surface area contributed by atoms with E-state index in [0.717, 1.165) is 11.1 Å². The molecule has 1 amide bonds. The monoisotopic (exact) mass is 256 g/mol. The standard InChI is InChI=1S/C11H16N2O3S/c1-4-11(14)12-13-17(15,16)10-6-5-8(2)9(3)7-10/h5-7,13H,4H2,1-3H3,(H,12,14). The van der Waals surface area contributed by atoms with Crippen molar-refractivity contribution in [1.82, 2.24) is 10.3 Å². The molecular formula is C11H16N2O3S. The highest BCUT2D eigenvalue weighted by Gasteiger charge is 2.14. The summed E-state index contributed by atoms with van der Waals surface area (Å²) in [6.45, 7) is 5.37. The molecule has 17 heavy (non-hydrogen) atoms. The molecule has 94 valence electrons. The Bertz CT molecular complexity index is 524. The smallest absolute Gasteiger partial charge is 0.257 e. The summed E-state index contributed by atoms with van der Waals surface area (Å²) in [5.41, 5.74) is 4.03. The van der Waals surface area contributed by atoms with Crippen LogP contribution in [0.25, 0.3) is 0 Å². The normalized spacial score (nSPS) is 11.2. The Morgan fingerprint density at radius 2 is 1.88 bits per heavy atom. The largest absolute Gasteiger partial charge is 0.278 e. The van der Waals surface area contributed by atoms with E-state index >= 15 is 0 Å². The fourth-order valence-corrected chi connectivity index (χ4v) is 2.10. The van der Waals surface area contributed by atoms with Gasteiger partial charge in [-0.3, -0.25) is 10.2 Å². The third kappa shape index (κ3) is 3.54. The minimum atomic E-state index is -3.69. The highest BCUT2D eigenvalue weighted by molar-refractivity contribution is 7.89. The quantitative estimate of drug-likeness (QED) is 0.790. The molecule has 0 bridgehead atoms. The Morgan fingerprint density at radius 1 is 1.24 bits per heavy atom. The molecule has 0 saturated heterocycles. The number of sulfonamides is 1. The number of carbonyl (C=O) groups is 1. The van der Waals surface area contributed by atoms with Gasteiger partial charge in [0.05, 0.1) is 4.90 Å². The lowest BCUT2D eigenvalue weighted by molar-refractivity contribution is -0.121. The van der Waals surface area contributed by atoms with Crippen LogP contribution < -0.4 is 10.3 Å². The summed E-state index contributed by atoms with van der Waals surface area (Å²) in [5.74, 6) is -0.377. The van der Waals surface area contributed by atoms with E-state index in [0.29, 0.717) is 0 Å². The topological polar surface area (TPSA) is 75.3 Å². The SMILES string of the molecule is CCC(=O)NNS(=O)(=O)c1ccc(C)c(C)c1. The number of hydrazine groups is 1. The molecule has 1 rings (SSSR count). The van der Waals surface area contributed by atoms with E-state index in [4.69, 9.17) is 0 Å². The first kappa shape index (κ1) is 13.7. The molecule has 0 aliphatic rings. The van der Waals surface area contributed by atoms with Gasteiger partial charge in [0.2, 0.25) is 5.91 Å². The van der Waals surface area contributed by atoms with Gasteiger partial charge in [-0.1, -0.05) is 13.0 Å². The highest BCUT2D eigenvalue weighted by atomic mass is 32.2. The van der Waals surface area contributed by atoms with Crippen LogP contribution in [0.2, 0.25) is 0 Å². The summed E-state index contributed by atoms with van der Waals surface area (Å²) >= 11 is 0. The van der Waals surface area contributed by atoms with Gasteiger partial charge in [-0.25, -0.2) is 8.42 Å². The summed E-state index contributed by atoms with van der Waals surface area (Å²) in [6.07, 6.45) is 0.218. The van der Waals surface area contributed by atoms with Crippen LogP contribution in [0.1, 0.15) is 24.5 Å². The molecular weight excluding hydrogens is 240 g/mol. The van der Waals surface area contributed by atoms with E-state index in [1.54, 1.807) is 19.1 Å². The van der Waals surface area contributed by atoms with Gasteiger partial charge in [-0.2, -0.15) is 0 Å². The van der Waals surface area contributed by atoms with Crippen molar-refractivity contribution >= 4 is 15.9 Å². The Morgan fingerprint density at radius 3 is 2.41 bits per heavy atom. The molecule has 1 aromatic carbocycles. The number of amides is 1. The number of nitrogens with one attached hydrogen (secondary N) is 2. The van der Waals surface area contributed by atoms with E-state index < -0.39 is 10.0 Å². The third-order valence-corrected chi connectivity index (χ3v) is 3.68. The van der Waals surface area contributed by atoms with Crippen LogP contribution in [-0.4, -0.2) is 14.3 Å². The average Bonchev–Trinajstić information content (AvgIpc) is 2.29. The minimum absolute atomic E-state index is 0.136. The molecule has 5 nitrogen and oxygen atoms in total. The van der Waals surface area contributed by atoms with Crippen LogP contribution in [0, 0.1) is 13.8 Å². The lowest BCUT2D eigenvalue weighted by Gasteiger charge is -2.09. The Labute approximate surface area is 101 Å². The lowest BCUT2D eigenvalue weighted by Crippen LogP contribution is -2.41. The number of aryl methyl sites for hydroxylation is 2. The summed E-state index contributed by atoms with van der Waals surface area (Å²) < 4.78 is 23.6. The molecule has 2 N–H and O–H groups in total. The molecule has 0 aromatic heterocycles. The predicted molar refractivity (Wildman–Crippen MR) is 64.7 cm³/mol. The third-order valence-electron chi connectivity index (χ3n) is 2.43. The predicted octanol–water partition coefficient (Wildman–Crippen LogP) is 1.02. The second kappa shape index (κ2) is 5.29. The average molecular weight is 256 g/mol. The lowest BCUT2D eigenvalue weighted by atomic mass is 10.1. The maximum absolute atomic E-state index is 11.8. The van der Waals surface area contributed by atoms with Crippen molar-refractivity contribution in [3.63, 3.8) is 0 Å². The van der Waals surface area contributed by atoms with Gasteiger partial charge in [0.1, 0.15) is 0 Å². The molecule has 0 heterocycles. The molecule has 0 atom stereocenters. The van der Waals surface area contributed by atoms with Gasteiger partial charge in [0, 0.05) is 6.42 Å². The van der Waals surface area contributed by atoms with Crippen LogP contribution in [-0.2, 0) is 14.8 Å². The van der Waals surface area contributed by atoms with Crippen LogP contribution in [0.15, 0.2) is 23.1 Å². The van der Waals surface area contributed by atoms with Crippen molar-refractivity contribution in [3.05, 3.63) is 29.3 Å². The molecule has 0 fully saturated rings. The molecule has 0 aliphatic carbocycles. The van der Waals surface area contributed by atoms with Gasteiger partial charge < -0.3 is 0 Å². The molecule has 0 saturated carbocycles. The van der Waals surface area contributed by atoms with E-state index in [9.17, 15) is 13.2 Å². The highest BCUT2D eigenvalue weighted by Crippen LogP contribution is 2.13. The van der Waals surface area contributed by atoms with Gasteiger partial charge in [-0.05, 0) is 37.1 Å². The molecule has 6 heteroatoms. The maximum Gasteiger partial charge on any atom is 0.257 e. The van der Waals surface area contributed by atoms with Crippen molar-refractivity contribution < 1.29 is 13.2 Å². The van der Waals surface area contributed by atoms with Crippen LogP contribution in [0.4, 0.5) is 0 Å². The first-order chi connectivity index (χ1) is 7.86. The zero-order valence-corrected chi connectivity index (χ0v) is 10.9. The van der Waals surface area contributed by atoms with Gasteiger partial charge in [0.15, 0.2) is 0 Å². The zero-order valence-electron chi connectivity index (χ0n) is 10.1. The molecule has 1 aromatic rings. The second-order valence-corrected chi connectivity index (χ2v) is 5.44. The first-order valence-electron chi connectivity index (χ1n) is 5.24. The second-order valence-electron chi connectivity index (χ2n) is 3.75. The van der Waals surface area contributed by atoms with Crippen LogP contribution in [0.5, 0.6) is 0 Å². The molecule has 0 unspecified atom stereocenters. The summed E-state index contributed by atoms with van der Waals surface area (Å²) in [4.78, 5) is 13.2. The summed E-state index contributed by atoms with van der Waals surface area (Å²) in [7, 11) is -3.69. The number of carbonyl (C=O) groups excluding carboxylic acids is 1. The van der Waals surface area contributed by atoms with E-state index in [1.165, 1.54) is 6.07 Å². The zero-order chi connectivity index (χ0) is 13.1. The van der Waals surface area contributed by atoms with Crippen LogP contribution >= 0.6 is 0 Å². The van der Waals surface area contributed by atoms with Gasteiger partial charge >= 0.3 is 0 Å². The fraction of sp³-hybridized carbons (Fsp3) is 0.364. The number of hydrogen-bond acceptors (Lipinski definition) is 3. The Balaban J connectivity index is 2.90. The van der Waals surface area contributed by atoms with E-state index in [-0.39, 0.29) is 17.2 Å². The van der Waals surface area contributed by atoms with Gasteiger partial charge in [0.25, 0.3) is 10.0 Å². The first-order valence-corrected chi connectivity index (χ1v) is 6.73. The van der Waals surface area contributed by atoms with E-state index in [1.807, 2.05) is 18.7 Å². The van der Waals surface area contributed by atoms with Crippen molar-refractivity contribution in [1.29, 1.82) is 0 Å². The van der Waals surface area contributed by atoms with Gasteiger partial charge in [-0.15, -0.1) is 4.83 Å². The van der Waals surface area contributed by atoms with Crippen molar-refractivity contribution in [2.75, 3.05) is 0 Å². The maximum atomic E-state index is 11.8. The molecule has 0 aliphatic heterocycles. The van der Waals surface area contributed by atoms with Crippen molar-refractivity contribution in [2.24, 2.45) is 0 Å². The number of rotatable bonds is 4. The number of hydrogen-bond donors (Lipinski definition) is 2. The Kier molecular flexibility index (Phi) is 4.25. The summed E-state index contributed by atoms with van der Waals surface area (Å²) in [5, 5.41) is 0. The van der Waals surface area contributed by atoms with Crippen LogP contribution in [0.3, 0.4) is 0 Å². The van der Waals surface area contributed by atoms with Crippen molar-refractivity contribution in [3.8, 4) is 0 Å². The molecule has 0 spiro atoms. The summed E-state index contributed by atoms with van der Waals surface area (Å²) in [6, 6.07) is 4.80. The molecule has 0 radical (unpaired) electrons. The minimum Gasteiger partial charge on any atom is -0.278 e. The van der Waals surface area contributed by atoms with Crippen molar-refractivity contribution in [2.45, 2.75) is 32.1 Å². The Hall–Kier alpha value is -1.40. The fourth-order valence-electron chi connectivity index (χ4n) is 1.15.